The zero-order valence-corrected chi connectivity index (χ0v) is 10.5. The average molecular weight is 289 g/mol. The maximum absolute atomic E-state index is 13.8. The number of ether oxygens (including phenoxy) is 2. The fourth-order valence-corrected chi connectivity index (χ4v) is 2.10. The summed E-state index contributed by atoms with van der Waals surface area (Å²) in [5.74, 6) is 0. The molecule has 1 aromatic rings. The first-order valence-electron chi connectivity index (χ1n) is 5.42. The molecule has 0 saturated carbocycles. The predicted molar refractivity (Wildman–Crippen MR) is 62.7 cm³/mol. The molecule has 1 aliphatic heterocycles. The highest BCUT2D eigenvalue weighted by molar-refractivity contribution is 9.10. The van der Waals surface area contributed by atoms with Gasteiger partial charge in [-0.2, -0.15) is 0 Å². The third-order valence-corrected chi connectivity index (χ3v) is 3.01. The second-order valence-corrected chi connectivity index (χ2v) is 4.72. The largest absolute Gasteiger partial charge is 0.353 e. The van der Waals surface area contributed by atoms with E-state index in [1.807, 2.05) is 6.07 Å². The van der Waals surface area contributed by atoms with Crippen molar-refractivity contribution in [1.29, 1.82) is 0 Å². The van der Waals surface area contributed by atoms with Gasteiger partial charge >= 0.3 is 0 Å². The molecule has 1 fully saturated rings. The van der Waals surface area contributed by atoms with E-state index in [0.29, 0.717) is 12.2 Å². The van der Waals surface area contributed by atoms with Crippen molar-refractivity contribution >= 4 is 15.9 Å². The molecule has 0 spiro atoms. The molecule has 2 atom stereocenters. The number of alkyl halides is 1. The molecule has 1 aromatic carbocycles. The van der Waals surface area contributed by atoms with Crippen molar-refractivity contribution in [1.82, 2.24) is 0 Å². The van der Waals surface area contributed by atoms with Gasteiger partial charge in [0, 0.05) is 16.6 Å². The predicted octanol–water partition coefficient (Wildman–Crippen LogP) is 3.96. The van der Waals surface area contributed by atoms with Crippen LogP contribution in [-0.2, 0) is 9.47 Å². The van der Waals surface area contributed by atoms with Crippen LogP contribution >= 0.6 is 15.9 Å². The molecule has 2 unspecified atom stereocenters. The summed E-state index contributed by atoms with van der Waals surface area (Å²) in [4.78, 5) is 0. The highest BCUT2D eigenvalue weighted by atomic mass is 79.9. The van der Waals surface area contributed by atoms with Crippen molar-refractivity contribution in [2.24, 2.45) is 0 Å². The van der Waals surface area contributed by atoms with Gasteiger partial charge in [-0.25, -0.2) is 4.39 Å². The lowest BCUT2D eigenvalue weighted by Gasteiger charge is -2.24. The van der Waals surface area contributed by atoms with Gasteiger partial charge in [0.2, 0.25) is 6.36 Å². The molecular weight excluding hydrogens is 275 g/mol. The Morgan fingerprint density at radius 1 is 1.44 bits per heavy atom. The first-order valence-corrected chi connectivity index (χ1v) is 6.21. The van der Waals surface area contributed by atoms with E-state index in [-0.39, 0.29) is 0 Å². The van der Waals surface area contributed by atoms with Crippen molar-refractivity contribution in [3.05, 3.63) is 34.3 Å². The monoisotopic (exact) mass is 288 g/mol. The number of halogens is 2. The summed E-state index contributed by atoms with van der Waals surface area (Å²) >= 11 is 3.30. The molecule has 0 N–H and O–H groups in total. The number of hydrogen-bond donors (Lipinski definition) is 0. The Morgan fingerprint density at radius 3 is 3.00 bits per heavy atom. The molecule has 0 amide bonds. The second kappa shape index (κ2) is 5.75. The number of benzene rings is 1. The van der Waals surface area contributed by atoms with Crippen molar-refractivity contribution in [2.45, 2.75) is 31.9 Å². The Kier molecular flexibility index (Phi) is 4.32. The summed E-state index contributed by atoms with van der Waals surface area (Å²) < 4.78 is 25.2. The SMILES string of the molecule is FC(OC1CCCCO1)c1cccc(Br)c1. The van der Waals surface area contributed by atoms with E-state index in [0.717, 1.165) is 23.7 Å². The van der Waals surface area contributed by atoms with Gasteiger partial charge in [0.25, 0.3) is 0 Å². The van der Waals surface area contributed by atoms with E-state index in [1.165, 1.54) is 0 Å². The molecule has 2 nitrogen and oxygen atoms in total. The maximum Gasteiger partial charge on any atom is 0.227 e. The van der Waals surface area contributed by atoms with Gasteiger partial charge < -0.3 is 9.47 Å². The Hall–Kier alpha value is -0.450. The van der Waals surface area contributed by atoms with Crippen LogP contribution < -0.4 is 0 Å². The molecule has 88 valence electrons. The van der Waals surface area contributed by atoms with E-state index in [4.69, 9.17) is 9.47 Å². The van der Waals surface area contributed by atoms with E-state index in [9.17, 15) is 4.39 Å². The lowest BCUT2D eigenvalue weighted by atomic mass is 10.2. The first kappa shape index (κ1) is 12.0. The summed E-state index contributed by atoms with van der Waals surface area (Å²) in [6.07, 6.45) is 1.03. The van der Waals surface area contributed by atoms with Crippen molar-refractivity contribution in [2.75, 3.05) is 6.61 Å². The minimum atomic E-state index is -1.42. The lowest BCUT2D eigenvalue weighted by molar-refractivity contribution is -0.220. The summed E-state index contributed by atoms with van der Waals surface area (Å²) in [5.41, 5.74) is 0.517. The molecular formula is C12H14BrFO2. The lowest BCUT2D eigenvalue weighted by Crippen LogP contribution is -2.23. The van der Waals surface area contributed by atoms with Gasteiger partial charge in [-0.05, 0) is 31.4 Å². The zero-order valence-electron chi connectivity index (χ0n) is 8.86. The van der Waals surface area contributed by atoms with Crippen LogP contribution in [0.15, 0.2) is 28.7 Å². The molecule has 0 radical (unpaired) electrons. The van der Waals surface area contributed by atoms with Gasteiger partial charge in [0.15, 0.2) is 6.29 Å². The highest BCUT2D eigenvalue weighted by Crippen LogP contribution is 2.26. The van der Waals surface area contributed by atoms with E-state index < -0.39 is 12.6 Å². The Labute approximate surface area is 103 Å². The average Bonchev–Trinajstić information content (AvgIpc) is 2.30. The van der Waals surface area contributed by atoms with Crippen molar-refractivity contribution in [3.8, 4) is 0 Å². The Bertz CT molecular complexity index is 340. The Balaban J connectivity index is 1.94. The van der Waals surface area contributed by atoms with Crippen LogP contribution in [0.5, 0.6) is 0 Å². The van der Waals surface area contributed by atoms with E-state index in [1.54, 1.807) is 18.2 Å². The van der Waals surface area contributed by atoms with Crippen LogP contribution in [0.3, 0.4) is 0 Å². The minimum absolute atomic E-state index is 0.400. The van der Waals surface area contributed by atoms with Gasteiger partial charge in [-0.1, -0.05) is 28.1 Å². The van der Waals surface area contributed by atoms with Crippen LogP contribution in [0.1, 0.15) is 31.2 Å². The number of hydrogen-bond acceptors (Lipinski definition) is 2. The van der Waals surface area contributed by atoms with Crippen LogP contribution in [0.4, 0.5) is 4.39 Å². The molecule has 0 aliphatic carbocycles. The van der Waals surface area contributed by atoms with Crippen molar-refractivity contribution < 1.29 is 13.9 Å². The second-order valence-electron chi connectivity index (χ2n) is 3.80. The van der Waals surface area contributed by atoms with Gasteiger partial charge in [-0.15, -0.1) is 0 Å². The Morgan fingerprint density at radius 2 is 2.31 bits per heavy atom. The summed E-state index contributed by atoms with van der Waals surface area (Å²) in [7, 11) is 0. The fourth-order valence-electron chi connectivity index (χ4n) is 1.68. The molecule has 16 heavy (non-hydrogen) atoms. The quantitative estimate of drug-likeness (QED) is 0.838. The molecule has 1 aliphatic rings. The molecule has 0 aromatic heterocycles. The molecule has 0 bridgehead atoms. The molecule has 2 rings (SSSR count). The summed E-state index contributed by atoms with van der Waals surface area (Å²) in [6, 6.07) is 7.07. The van der Waals surface area contributed by atoms with Crippen LogP contribution in [0.25, 0.3) is 0 Å². The summed E-state index contributed by atoms with van der Waals surface area (Å²) in [5, 5.41) is 0. The third-order valence-electron chi connectivity index (χ3n) is 2.52. The normalized spacial score (nSPS) is 23.0. The van der Waals surface area contributed by atoms with Gasteiger partial charge in [-0.3, -0.25) is 0 Å². The number of rotatable bonds is 3. The standard InChI is InChI=1S/C12H14BrFO2/c13-10-5-3-4-9(8-10)12(14)16-11-6-1-2-7-15-11/h3-5,8,11-12H,1-2,6-7H2. The van der Waals surface area contributed by atoms with Crippen molar-refractivity contribution in [3.63, 3.8) is 0 Å². The van der Waals surface area contributed by atoms with Gasteiger partial charge in [0.05, 0.1) is 0 Å². The molecule has 1 saturated heterocycles. The highest BCUT2D eigenvalue weighted by Gasteiger charge is 2.20. The molecule has 1 heterocycles. The fraction of sp³-hybridized carbons (Fsp3) is 0.500. The van der Waals surface area contributed by atoms with Crippen LogP contribution in [-0.4, -0.2) is 12.9 Å². The smallest absolute Gasteiger partial charge is 0.227 e. The zero-order chi connectivity index (χ0) is 11.4. The van der Waals surface area contributed by atoms with Crippen LogP contribution in [0.2, 0.25) is 0 Å². The summed E-state index contributed by atoms with van der Waals surface area (Å²) in [6.45, 7) is 0.663. The molecule has 4 heteroatoms. The minimum Gasteiger partial charge on any atom is -0.353 e. The first-order chi connectivity index (χ1) is 7.75. The van der Waals surface area contributed by atoms with Crippen LogP contribution in [0, 0.1) is 0 Å². The van der Waals surface area contributed by atoms with E-state index in [2.05, 4.69) is 15.9 Å². The topological polar surface area (TPSA) is 18.5 Å². The van der Waals surface area contributed by atoms with E-state index >= 15 is 0 Å². The van der Waals surface area contributed by atoms with Gasteiger partial charge in [0.1, 0.15) is 0 Å². The maximum atomic E-state index is 13.8. The third kappa shape index (κ3) is 3.27.